The minimum atomic E-state index is 0.644. The molecule has 1 atom stereocenters. The summed E-state index contributed by atoms with van der Waals surface area (Å²) in [4.78, 5) is 0. The third-order valence-corrected chi connectivity index (χ3v) is 4.07. The Morgan fingerprint density at radius 1 is 1.18 bits per heavy atom. The van der Waals surface area contributed by atoms with Crippen LogP contribution in [-0.4, -0.2) is 39.0 Å². The first-order valence-electron chi connectivity index (χ1n) is 7.23. The highest BCUT2D eigenvalue weighted by atomic mass is 16.5. The lowest BCUT2D eigenvalue weighted by Gasteiger charge is -2.27. The second-order valence-electron chi connectivity index (χ2n) is 5.72. The summed E-state index contributed by atoms with van der Waals surface area (Å²) in [5, 5.41) is 3.61. The lowest BCUT2D eigenvalue weighted by atomic mass is 9.87. The van der Waals surface area contributed by atoms with Gasteiger partial charge in [-0.25, -0.2) is 0 Å². The van der Waals surface area contributed by atoms with Crippen molar-refractivity contribution in [2.45, 2.75) is 45.1 Å². The summed E-state index contributed by atoms with van der Waals surface area (Å²) in [5.74, 6) is 1.58. The number of rotatable bonds is 6. The van der Waals surface area contributed by atoms with Crippen LogP contribution in [0.15, 0.2) is 0 Å². The third kappa shape index (κ3) is 4.94. The van der Waals surface area contributed by atoms with E-state index in [1.54, 1.807) is 0 Å². The monoisotopic (exact) mass is 241 g/mol. The molecular formula is C14H27NO2. The van der Waals surface area contributed by atoms with E-state index in [1.807, 2.05) is 0 Å². The van der Waals surface area contributed by atoms with Crippen LogP contribution in [0.3, 0.4) is 0 Å². The van der Waals surface area contributed by atoms with Gasteiger partial charge in [0.05, 0.1) is 19.8 Å². The van der Waals surface area contributed by atoms with Gasteiger partial charge in [-0.1, -0.05) is 6.92 Å². The van der Waals surface area contributed by atoms with Crippen molar-refractivity contribution in [1.29, 1.82) is 0 Å². The standard InChI is InChI=1S/C14H27NO2/c1-12-2-4-14(5-3-12)15-7-9-17-11-13-6-8-16-10-13/h12-15H,2-11H2,1H3. The average molecular weight is 241 g/mol. The third-order valence-electron chi connectivity index (χ3n) is 4.07. The normalized spacial score (nSPS) is 34.1. The van der Waals surface area contributed by atoms with E-state index in [0.717, 1.165) is 44.9 Å². The molecule has 0 spiro atoms. The van der Waals surface area contributed by atoms with Gasteiger partial charge < -0.3 is 14.8 Å². The molecule has 3 heteroatoms. The molecule has 0 aromatic carbocycles. The molecule has 1 aliphatic heterocycles. The zero-order chi connectivity index (χ0) is 11.9. The van der Waals surface area contributed by atoms with Gasteiger partial charge in [-0.3, -0.25) is 0 Å². The number of ether oxygens (including phenoxy) is 2. The van der Waals surface area contributed by atoms with E-state index >= 15 is 0 Å². The minimum Gasteiger partial charge on any atom is -0.381 e. The van der Waals surface area contributed by atoms with Crippen molar-refractivity contribution < 1.29 is 9.47 Å². The van der Waals surface area contributed by atoms with Crippen LogP contribution in [0.5, 0.6) is 0 Å². The zero-order valence-corrected chi connectivity index (χ0v) is 11.1. The topological polar surface area (TPSA) is 30.5 Å². The molecule has 1 N–H and O–H groups in total. The maximum atomic E-state index is 5.69. The van der Waals surface area contributed by atoms with Crippen LogP contribution in [0.4, 0.5) is 0 Å². The van der Waals surface area contributed by atoms with Gasteiger partial charge >= 0.3 is 0 Å². The van der Waals surface area contributed by atoms with Crippen molar-refractivity contribution >= 4 is 0 Å². The van der Waals surface area contributed by atoms with Crippen LogP contribution in [0.1, 0.15) is 39.0 Å². The van der Waals surface area contributed by atoms with E-state index in [-0.39, 0.29) is 0 Å². The summed E-state index contributed by atoms with van der Waals surface area (Å²) < 4.78 is 11.0. The van der Waals surface area contributed by atoms with Gasteiger partial charge in [0, 0.05) is 25.1 Å². The van der Waals surface area contributed by atoms with Crippen LogP contribution < -0.4 is 5.32 Å². The zero-order valence-electron chi connectivity index (χ0n) is 11.1. The van der Waals surface area contributed by atoms with E-state index < -0.39 is 0 Å². The first kappa shape index (κ1) is 13.3. The van der Waals surface area contributed by atoms with Gasteiger partial charge in [-0.05, 0) is 38.0 Å². The Balaban J connectivity index is 1.43. The number of hydrogen-bond donors (Lipinski definition) is 1. The summed E-state index contributed by atoms with van der Waals surface area (Å²) in [6.07, 6.45) is 6.64. The summed E-state index contributed by atoms with van der Waals surface area (Å²) in [5.41, 5.74) is 0. The fourth-order valence-electron chi connectivity index (χ4n) is 2.76. The Kier molecular flexibility index (Phi) is 5.75. The largest absolute Gasteiger partial charge is 0.381 e. The van der Waals surface area contributed by atoms with E-state index in [2.05, 4.69) is 12.2 Å². The molecule has 0 amide bonds. The minimum absolute atomic E-state index is 0.644. The van der Waals surface area contributed by atoms with Crippen molar-refractivity contribution in [2.75, 3.05) is 33.0 Å². The highest BCUT2D eigenvalue weighted by molar-refractivity contribution is 4.74. The Morgan fingerprint density at radius 3 is 2.71 bits per heavy atom. The molecule has 1 aliphatic carbocycles. The molecule has 2 aliphatic rings. The van der Waals surface area contributed by atoms with Crippen molar-refractivity contribution in [2.24, 2.45) is 11.8 Å². The first-order chi connectivity index (χ1) is 8.34. The van der Waals surface area contributed by atoms with Gasteiger partial charge in [0.2, 0.25) is 0 Å². The molecular weight excluding hydrogens is 214 g/mol. The molecule has 2 rings (SSSR count). The molecule has 17 heavy (non-hydrogen) atoms. The van der Waals surface area contributed by atoms with Gasteiger partial charge in [0.15, 0.2) is 0 Å². The number of nitrogens with one attached hydrogen (secondary N) is 1. The maximum Gasteiger partial charge on any atom is 0.0591 e. The second kappa shape index (κ2) is 7.34. The predicted molar refractivity (Wildman–Crippen MR) is 69.2 cm³/mol. The molecule has 3 nitrogen and oxygen atoms in total. The lowest BCUT2D eigenvalue weighted by molar-refractivity contribution is 0.0889. The van der Waals surface area contributed by atoms with Gasteiger partial charge in [-0.15, -0.1) is 0 Å². The van der Waals surface area contributed by atoms with Crippen molar-refractivity contribution in [1.82, 2.24) is 5.32 Å². The Hall–Kier alpha value is -0.120. The van der Waals surface area contributed by atoms with Crippen LogP contribution in [0.2, 0.25) is 0 Å². The fourth-order valence-corrected chi connectivity index (χ4v) is 2.76. The van der Waals surface area contributed by atoms with Gasteiger partial charge in [0.25, 0.3) is 0 Å². The van der Waals surface area contributed by atoms with Crippen LogP contribution in [-0.2, 0) is 9.47 Å². The quantitative estimate of drug-likeness (QED) is 0.723. The maximum absolute atomic E-state index is 5.69. The Morgan fingerprint density at radius 2 is 2.00 bits per heavy atom. The fraction of sp³-hybridized carbons (Fsp3) is 1.00. The average Bonchev–Trinajstić information content (AvgIpc) is 2.84. The van der Waals surface area contributed by atoms with E-state index in [0.29, 0.717) is 5.92 Å². The predicted octanol–water partition coefficient (Wildman–Crippen LogP) is 2.21. The molecule has 2 fully saturated rings. The summed E-state index contributed by atoms with van der Waals surface area (Å²) in [6, 6.07) is 0.740. The molecule has 0 aromatic rings. The Labute approximate surface area is 105 Å². The molecule has 0 radical (unpaired) electrons. The summed E-state index contributed by atoms with van der Waals surface area (Å²) in [7, 11) is 0. The van der Waals surface area contributed by atoms with E-state index in [4.69, 9.17) is 9.47 Å². The summed E-state index contributed by atoms with van der Waals surface area (Å²) >= 11 is 0. The van der Waals surface area contributed by atoms with Gasteiger partial charge in [0.1, 0.15) is 0 Å². The van der Waals surface area contributed by atoms with Crippen LogP contribution in [0, 0.1) is 11.8 Å². The first-order valence-corrected chi connectivity index (χ1v) is 7.23. The van der Waals surface area contributed by atoms with Crippen molar-refractivity contribution in [3.8, 4) is 0 Å². The SMILES string of the molecule is CC1CCC(NCCOCC2CCOC2)CC1. The van der Waals surface area contributed by atoms with Crippen molar-refractivity contribution in [3.05, 3.63) is 0 Å². The van der Waals surface area contributed by atoms with E-state index in [9.17, 15) is 0 Å². The molecule has 0 aromatic heterocycles. The van der Waals surface area contributed by atoms with Crippen LogP contribution >= 0.6 is 0 Å². The second-order valence-corrected chi connectivity index (χ2v) is 5.72. The molecule has 1 heterocycles. The smallest absolute Gasteiger partial charge is 0.0591 e. The lowest BCUT2D eigenvalue weighted by Crippen LogP contribution is -2.35. The number of hydrogen-bond acceptors (Lipinski definition) is 3. The molecule has 100 valence electrons. The summed E-state index contributed by atoms with van der Waals surface area (Å²) in [6.45, 7) is 6.92. The highest BCUT2D eigenvalue weighted by Crippen LogP contribution is 2.23. The highest BCUT2D eigenvalue weighted by Gasteiger charge is 2.18. The van der Waals surface area contributed by atoms with E-state index in [1.165, 1.54) is 32.1 Å². The molecule has 0 bridgehead atoms. The molecule has 1 saturated heterocycles. The van der Waals surface area contributed by atoms with Crippen LogP contribution in [0.25, 0.3) is 0 Å². The van der Waals surface area contributed by atoms with Gasteiger partial charge in [-0.2, -0.15) is 0 Å². The molecule has 1 saturated carbocycles. The molecule has 1 unspecified atom stereocenters. The van der Waals surface area contributed by atoms with Crippen molar-refractivity contribution in [3.63, 3.8) is 0 Å². The Bertz CT molecular complexity index is 196.